The lowest BCUT2D eigenvalue weighted by atomic mass is 10.2. The number of allylic oxidation sites excluding steroid dienone is 1. The van der Waals surface area contributed by atoms with Gasteiger partial charge in [-0.1, -0.05) is 24.3 Å². The number of para-hydroxylation sites is 2. The third-order valence-electron chi connectivity index (χ3n) is 4.28. The lowest BCUT2D eigenvalue weighted by Gasteiger charge is -2.14. The molecule has 7 heteroatoms. The van der Waals surface area contributed by atoms with Gasteiger partial charge >= 0.3 is 11.1 Å². The molecule has 0 aliphatic rings. The van der Waals surface area contributed by atoms with Gasteiger partial charge < -0.3 is 9.88 Å². The number of thiophene rings is 1. The summed E-state index contributed by atoms with van der Waals surface area (Å²) in [5.41, 5.74) is 0.0593. The van der Waals surface area contributed by atoms with Gasteiger partial charge in [0, 0.05) is 30.9 Å². The number of benzene rings is 1. The second-order valence-electron chi connectivity index (χ2n) is 6.08. The number of hydrogen-bond acceptors (Lipinski definition) is 4. The first kappa shape index (κ1) is 18.8. The van der Waals surface area contributed by atoms with Gasteiger partial charge in [-0.05, 0) is 30.0 Å². The molecule has 0 unspecified atom stereocenters. The van der Waals surface area contributed by atoms with Gasteiger partial charge in [-0.15, -0.1) is 17.9 Å². The molecule has 1 amide bonds. The zero-order chi connectivity index (χ0) is 19.2. The highest BCUT2D eigenvalue weighted by Crippen LogP contribution is 2.11. The number of amides is 1. The van der Waals surface area contributed by atoms with Gasteiger partial charge in [0.05, 0.1) is 11.0 Å². The van der Waals surface area contributed by atoms with E-state index in [1.54, 1.807) is 29.5 Å². The number of carbonyl (C=O) groups excluding carboxylic acids is 1. The van der Waals surface area contributed by atoms with E-state index < -0.39 is 11.1 Å². The van der Waals surface area contributed by atoms with Gasteiger partial charge in [0.1, 0.15) is 0 Å². The van der Waals surface area contributed by atoms with Crippen LogP contribution in [0.2, 0.25) is 0 Å². The minimum atomic E-state index is -0.623. The second-order valence-corrected chi connectivity index (χ2v) is 7.11. The highest BCUT2D eigenvalue weighted by Gasteiger charge is 2.13. The van der Waals surface area contributed by atoms with Gasteiger partial charge in [-0.25, -0.2) is 0 Å². The van der Waals surface area contributed by atoms with Crippen LogP contribution in [0.1, 0.15) is 11.3 Å². The molecule has 0 fully saturated rings. The Hall–Kier alpha value is -2.93. The van der Waals surface area contributed by atoms with Gasteiger partial charge in [-0.3, -0.25) is 19.0 Å². The lowest BCUT2D eigenvalue weighted by molar-refractivity contribution is -0.121. The summed E-state index contributed by atoms with van der Waals surface area (Å²) in [5, 5.41) is 4.86. The van der Waals surface area contributed by atoms with Crippen LogP contribution in [0.15, 0.2) is 64.0 Å². The summed E-state index contributed by atoms with van der Waals surface area (Å²) < 4.78 is 2.79. The molecule has 1 aromatic carbocycles. The van der Waals surface area contributed by atoms with Crippen molar-refractivity contribution in [3.05, 3.63) is 80.0 Å². The predicted molar refractivity (Wildman–Crippen MR) is 108 cm³/mol. The summed E-state index contributed by atoms with van der Waals surface area (Å²) in [6.45, 7) is 4.62. The lowest BCUT2D eigenvalue weighted by Crippen LogP contribution is -2.42. The average Bonchev–Trinajstić information content (AvgIpc) is 3.19. The van der Waals surface area contributed by atoms with Crippen molar-refractivity contribution >= 4 is 28.3 Å². The van der Waals surface area contributed by atoms with Crippen molar-refractivity contribution in [2.24, 2.45) is 0 Å². The number of hydrogen-bond donors (Lipinski definition) is 1. The fourth-order valence-corrected chi connectivity index (χ4v) is 3.69. The van der Waals surface area contributed by atoms with E-state index in [0.717, 1.165) is 6.42 Å². The summed E-state index contributed by atoms with van der Waals surface area (Å²) in [4.78, 5) is 38.3. The van der Waals surface area contributed by atoms with Crippen molar-refractivity contribution in [1.29, 1.82) is 0 Å². The molecule has 0 bridgehead atoms. The molecule has 0 aliphatic carbocycles. The maximum Gasteiger partial charge on any atom is 0.317 e. The molecule has 0 atom stereocenters. The van der Waals surface area contributed by atoms with Crippen molar-refractivity contribution in [2.75, 3.05) is 6.54 Å². The first-order valence-electron chi connectivity index (χ1n) is 8.74. The quantitative estimate of drug-likeness (QED) is 0.479. The van der Waals surface area contributed by atoms with E-state index in [2.05, 4.69) is 11.9 Å². The molecule has 3 rings (SSSR count). The topological polar surface area (TPSA) is 73.1 Å². The molecule has 0 aliphatic heterocycles. The molecular formula is C20H21N3O3S. The van der Waals surface area contributed by atoms with Crippen LogP contribution in [0.25, 0.3) is 11.0 Å². The van der Waals surface area contributed by atoms with Crippen LogP contribution in [0.3, 0.4) is 0 Å². The van der Waals surface area contributed by atoms with Crippen LogP contribution < -0.4 is 16.4 Å². The molecular weight excluding hydrogens is 362 g/mol. The van der Waals surface area contributed by atoms with Gasteiger partial charge in [0.15, 0.2) is 0 Å². The summed E-state index contributed by atoms with van der Waals surface area (Å²) >= 11 is 1.65. The molecule has 0 spiro atoms. The minimum absolute atomic E-state index is 0.138. The Balaban J connectivity index is 1.75. The SMILES string of the molecule is C=CCn1c(=O)c(=O)n(CCC(=O)NCCc2cccs2)c2ccccc21. The van der Waals surface area contributed by atoms with Crippen LogP contribution in [0.5, 0.6) is 0 Å². The van der Waals surface area contributed by atoms with E-state index >= 15 is 0 Å². The largest absolute Gasteiger partial charge is 0.356 e. The predicted octanol–water partition coefficient (Wildman–Crippen LogP) is 2.16. The molecule has 27 heavy (non-hydrogen) atoms. The van der Waals surface area contributed by atoms with Crippen LogP contribution >= 0.6 is 11.3 Å². The molecule has 2 aromatic heterocycles. The molecule has 0 radical (unpaired) electrons. The van der Waals surface area contributed by atoms with E-state index in [0.29, 0.717) is 17.6 Å². The Bertz CT molecular complexity index is 1060. The zero-order valence-corrected chi connectivity index (χ0v) is 15.7. The van der Waals surface area contributed by atoms with Crippen LogP contribution in [-0.2, 0) is 24.3 Å². The Kier molecular flexibility index (Phi) is 6.03. The third kappa shape index (κ3) is 4.25. The molecule has 2 heterocycles. The van der Waals surface area contributed by atoms with Gasteiger partial charge in [-0.2, -0.15) is 0 Å². The summed E-state index contributed by atoms with van der Waals surface area (Å²) in [6, 6.07) is 11.2. The minimum Gasteiger partial charge on any atom is -0.356 e. The molecule has 140 valence electrons. The van der Waals surface area contributed by atoms with E-state index in [-0.39, 0.29) is 25.4 Å². The highest BCUT2D eigenvalue weighted by molar-refractivity contribution is 7.09. The van der Waals surface area contributed by atoms with Crippen LogP contribution in [0.4, 0.5) is 0 Å². The first-order chi connectivity index (χ1) is 13.1. The van der Waals surface area contributed by atoms with Crippen LogP contribution in [0, 0.1) is 0 Å². The Morgan fingerprint density at radius 1 is 1.07 bits per heavy atom. The van der Waals surface area contributed by atoms with Gasteiger partial charge in [0.2, 0.25) is 5.91 Å². The number of aryl methyl sites for hydroxylation is 1. The number of nitrogens with one attached hydrogen (secondary N) is 1. The van der Waals surface area contributed by atoms with Crippen molar-refractivity contribution in [3.63, 3.8) is 0 Å². The highest BCUT2D eigenvalue weighted by atomic mass is 32.1. The second kappa shape index (κ2) is 8.64. The maximum absolute atomic E-state index is 12.5. The summed E-state index contributed by atoms with van der Waals surface area (Å²) in [5.74, 6) is -0.141. The molecule has 3 aromatic rings. The number of carbonyl (C=O) groups is 1. The Labute approximate surface area is 160 Å². The van der Waals surface area contributed by atoms with E-state index in [4.69, 9.17) is 0 Å². The van der Waals surface area contributed by atoms with E-state index in [1.807, 2.05) is 29.6 Å². The maximum atomic E-state index is 12.5. The number of rotatable bonds is 8. The number of nitrogens with zero attached hydrogens (tertiary/aromatic N) is 2. The van der Waals surface area contributed by atoms with E-state index in [1.165, 1.54) is 14.0 Å². The standard InChI is InChI=1S/C20H21N3O3S/c1-2-12-22-16-7-3-4-8-17(16)23(20(26)19(22)25)13-10-18(24)21-11-9-15-6-5-14-27-15/h2-8,14H,1,9-13H2,(H,21,24). The zero-order valence-electron chi connectivity index (χ0n) is 14.9. The van der Waals surface area contributed by atoms with Crippen molar-refractivity contribution in [1.82, 2.24) is 14.5 Å². The average molecular weight is 383 g/mol. The third-order valence-corrected chi connectivity index (χ3v) is 5.22. The first-order valence-corrected chi connectivity index (χ1v) is 9.62. The number of aromatic nitrogens is 2. The Morgan fingerprint density at radius 3 is 2.44 bits per heavy atom. The summed E-state index contributed by atoms with van der Waals surface area (Å²) in [6.07, 6.45) is 2.50. The molecule has 0 saturated carbocycles. The molecule has 1 N–H and O–H groups in total. The van der Waals surface area contributed by atoms with Crippen molar-refractivity contribution in [2.45, 2.75) is 25.9 Å². The fourth-order valence-electron chi connectivity index (χ4n) is 2.98. The smallest absolute Gasteiger partial charge is 0.317 e. The van der Waals surface area contributed by atoms with Crippen molar-refractivity contribution in [3.8, 4) is 0 Å². The number of fused-ring (bicyclic) bond motifs is 1. The van der Waals surface area contributed by atoms with Crippen molar-refractivity contribution < 1.29 is 4.79 Å². The normalized spacial score (nSPS) is 10.8. The molecule has 6 nitrogen and oxygen atoms in total. The molecule has 0 saturated heterocycles. The van der Waals surface area contributed by atoms with E-state index in [9.17, 15) is 14.4 Å². The monoisotopic (exact) mass is 383 g/mol. The fraction of sp³-hybridized carbons (Fsp3) is 0.250. The summed E-state index contributed by atoms with van der Waals surface area (Å²) in [7, 11) is 0. The van der Waals surface area contributed by atoms with Crippen LogP contribution in [-0.4, -0.2) is 21.6 Å². The van der Waals surface area contributed by atoms with Gasteiger partial charge in [0.25, 0.3) is 0 Å². The Morgan fingerprint density at radius 2 is 1.78 bits per heavy atom.